The van der Waals surface area contributed by atoms with Gasteiger partial charge in [-0.3, -0.25) is 4.79 Å². The van der Waals surface area contributed by atoms with Gasteiger partial charge in [-0.05, 0) is 25.2 Å². The fraction of sp³-hybridized carbons (Fsp3) is 0.750. The van der Waals surface area contributed by atoms with Gasteiger partial charge in [0.2, 0.25) is 5.43 Å². The Labute approximate surface area is 128 Å². The van der Waals surface area contributed by atoms with Crippen molar-refractivity contribution in [1.82, 2.24) is 0 Å². The van der Waals surface area contributed by atoms with Crippen LogP contribution in [0.1, 0.15) is 47.0 Å². The van der Waals surface area contributed by atoms with Gasteiger partial charge in [0.1, 0.15) is 10.2 Å². The second-order valence-electron chi connectivity index (χ2n) is 6.81. The molecule has 0 spiro atoms. The van der Waals surface area contributed by atoms with E-state index in [1.54, 1.807) is 0 Å². The molecule has 0 atom stereocenters. The van der Waals surface area contributed by atoms with Crippen molar-refractivity contribution >= 4 is 23.6 Å². The fourth-order valence-corrected chi connectivity index (χ4v) is 2.70. The van der Waals surface area contributed by atoms with Crippen LogP contribution in [0.3, 0.4) is 0 Å². The van der Waals surface area contributed by atoms with Gasteiger partial charge in [-0.1, -0.05) is 39.4 Å². The largest absolute Gasteiger partial charge is 0.372 e. The number of nitrogens with zero attached hydrogens (tertiary/aromatic N) is 2. The summed E-state index contributed by atoms with van der Waals surface area (Å²) < 4.78 is 0.499. The lowest BCUT2D eigenvalue weighted by Crippen LogP contribution is -2.33. The van der Waals surface area contributed by atoms with Crippen molar-refractivity contribution in [3.05, 3.63) is 14.7 Å². The third kappa shape index (κ3) is 4.05. The van der Waals surface area contributed by atoms with Crippen LogP contribution in [0, 0.1) is 9.93 Å². The lowest BCUT2D eigenvalue weighted by molar-refractivity contribution is 0.361. The molecule has 0 saturated carbocycles. The molecule has 0 aliphatic carbocycles. The average molecular weight is 296 g/mol. The Morgan fingerprint density at radius 1 is 1.05 bits per heavy atom. The first-order chi connectivity index (χ1) is 9.19. The second kappa shape index (κ2) is 6.70. The van der Waals surface area contributed by atoms with E-state index in [0.29, 0.717) is 9.93 Å². The highest BCUT2D eigenvalue weighted by atomic mass is 32.1. The molecule has 20 heavy (non-hydrogen) atoms. The molecule has 0 unspecified atom stereocenters. The van der Waals surface area contributed by atoms with Crippen molar-refractivity contribution in [2.45, 2.75) is 47.0 Å². The Morgan fingerprint density at radius 2 is 1.65 bits per heavy atom. The zero-order valence-corrected chi connectivity index (χ0v) is 14.6. The summed E-state index contributed by atoms with van der Waals surface area (Å²) in [6.07, 6.45) is 3.57. The first-order valence-corrected chi connectivity index (χ1v) is 7.85. The maximum atomic E-state index is 11.9. The topological polar surface area (TPSA) is 23.6 Å². The summed E-state index contributed by atoms with van der Waals surface area (Å²) in [7, 11) is 3.98. The second-order valence-corrected chi connectivity index (χ2v) is 7.22. The number of unbranched alkanes of at least 4 members (excludes halogenated alkanes) is 1. The van der Waals surface area contributed by atoms with E-state index in [1.807, 2.05) is 25.9 Å². The van der Waals surface area contributed by atoms with Crippen LogP contribution in [0.15, 0.2) is 4.79 Å². The van der Waals surface area contributed by atoms with E-state index in [1.165, 1.54) is 12.8 Å². The quantitative estimate of drug-likeness (QED) is 0.564. The summed E-state index contributed by atoms with van der Waals surface area (Å²) in [4.78, 5) is 16.0. The SMILES string of the molecule is CCN(C)c1c(N(C)CCCCC(C)(C)C)c(=S)c1=O. The van der Waals surface area contributed by atoms with Gasteiger partial charge >= 0.3 is 0 Å². The molecule has 1 aromatic rings. The van der Waals surface area contributed by atoms with Gasteiger partial charge in [-0.2, -0.15) is 0 Å². The van der Waals surface area contributed by atoms with Crippen molar-refractivity contribution < 1.29 is 0 Å². The molecule has 0 amide bonds. The molecule has 0 saturated heterocycles. The van der Waals surface area contributed by atoms with Gasteiger partial charge in [-0.15, -0.1) is 0 Å². The van der Waals surface area contributed by atoms with E-state index < -0.39 is 0 Å². The fourth-order valence-electron chi connectivity index (χ4n) is 2.35. The Balaban J connectivity index is 2.61. The molecule has 3 nitrogen and oxygen atoms in total. The molecule has 0 bridgehead atoms. The molecule has 1 aromatic carbocycles. The van der Waals surface area contributed by atoms with E-state index in [4.69, 9.17) is 12.2 Å². The number of hydrogen-bond acceptors (Lipinski definition) is 4. The van der Waals surface area contributed by atoms with Gasteiger partial charge in [-0.25, -0.2) is 0 Å². The molecule has 4 heteroatoms. The molecule has 0 heterocycles. The first kappa shape index (κ1) is 17.2. The van der Waals surface area contributed by atoms with Crippen molar-refractivity contribution in [2.75, 3.05) is 37.0 Å². The highest BCUT2D eigenvalue weighted by molar-refractivity contribution is 7.71. The zero-order valence-electron chi connectivity index (χ0n) is 13.7. The Hall–Kier alpha value is -0.900. The molecule has 0 aliphatic heterocycles. The summed E-state index contributed by atoms with van der Waals surface area (Å²) in [5, 5.41) is 0. The van der Waals surface area contributed by atoms with Crippen LogP contribution in [0.2, 0.25) is 0 Å². The van der Waals surface area contributed by atoms with Crippen LogP contribution in [-0.2, 0) is 0 Å². The molecule has 0 radical (unpaired) electrons. The minimum Gasteiger partial charge on any atom is -0.372 e. The summed E-state index contributed by atoms with van der Waals surface area (Å²) in [5.74, 6) is 0. The summed E-state index contributed by atoms with van der Waals surface area (Å²) in [6.45, 7) is 10.6. The smallest absolute Gasteiger partial charge is 0.224 e. The minimum atomic E-state index is 0.0286. The van der Waals surface area contributed by atoms with E-state index in [0.717, 1.165) is 30.9 Å². The number of rotatable bonds is 7. The zero-order chi connectivity index (χ0) is 15.5. The van der Waals surface area contributed by atoms with Crippen LogP contribution in [0.4, 0.5) is 11.4 Å². The summed E-state index contributed by atoms with van der Waals surface area (Å²) in [5.41, 5.74) is 2.18. The highest BCUT2D eigenvalue weighted by Gasteiger charge is 2.23. The third-order valence-corrected chi connectivity index (χ3v) is 4.15. The van der Waals surface area contributed by atoms with Crippen molar-refractivity contribution in [2.24, 2.45) is 5.41 Å². The predicted octanol–water partition coefficient (Wildman–Crippen LogP) is 3.76. The Morgan fingerprint density at radius 3 is 2.15 bits per heavy atom. The van der Waals surface area contributed by atoms with E-state index >= 15 is 0 Å². The Kier molecular flexibility index (Phi) is 5.75. The van der Waals surface area contributed by atoms with Gasteiger partial charge in [0.15, 0.2) is 0 Å². The highest BCUT2D eigenvalue weighted by Crippen LogP contribution is 2.30. The molecule has 0 aliphatic rings. The molecule has 0 fully saturated rings. The van der Waals surface area contributed by atoms with Crippen LogP contribution >= 0.6 is 12.2 Å². The van der Waals surface area contributed by atoms with Crippen molar-refractivity contribution in [3.8, 4) is 0 Å². The molecule has 0 aromatic heterocycles. The van der Waals surface area contributed by atoms with E-state index in [2.05, 4.69) is 25.7 Å². The number of anilines is 2. The van der Waals surface area contributed by atoms with Gasteiger partial charge < -0.3 is 9.80 Å². The molecule has 0 N–H and O–H groups in total. The van der Waals surface area contributed by atoms with Gasteiger partial charge in [0.05, 0.1) is 5.69 Å². The van der Waals surface area contributed by atoms with Gasteiger partial charge in [0.25, 0.3) is 0 Å². The van der Waals surface area contributed by atoms with Crippen molar-refractivity contribution in [3.63, 3.8) is 0 Å². The molecule has 114 valence electrons. The van der Waals surface area contributed by atoms with Crippen LogP contribution < -0.4 is 15.2 Å². The van der Waals surface area contributed by atoms with E-state index in [-0.39, 0.29) is 5.43 Å². The minimum absolute atomic E-state index is 0.0286. The summed E-state index contributed by atoms with van der Waals surface area (Å²) in [6, 6.07) is 0. The number of hydrogen-bond donors (Lipinski definition) is 0. The van der Waals surface area contributed by atoms with Crippen LogP contribution in [0.25, 0.3) is 0 Å². The van der Waals surface area contributed by atoms with Crippen LogP contribution in [-0.4, -0.2) is 27.2 Å². The molecular formula is C16H28N2OS. The Bertz CT molecular complexity index is 509. The average Bonchev–Trinajstić information content (AvgIpc) is 2.37. The van der Waals surface area contributed by atoms with Crippen LogP contribution in [0.5, 0.6) is 0 Å². The molecule has 1 rings (SSSR count). The maximum absolute atomic E-state index is 11.9. The maximum Gasteiger partial charge on any atom is 0.224 e. The predicted molar refractivity (Wildman–Crippen MR) is 91.4 cm³/mol. The molecular weight excluding hydrogens is 268 g/mol. The summed E-state index contributed by atoms with van der Waals surface area (Å²) >= 11 is 5.21. The monoisotopic (exact) mass is 296 g/mol. The lowest BCUT2D eigenvalue weighted by Gasteiger charge is -2.29. The van der Waals surface area contributed by atoms with E-state index in [9.17, 15) is 4.79 Å². The third-order valence-electron chi connectivity index (χ3n) is 3.77. The van der Waals surface area contributed by atoms with Crippen molar-refractivity contribution in [1.29, 1.82) is 0 Å². The normalized spacial score (nSPS) is 11.9. The van der Waals surface area contributed by atoms with Gasteiger partial charge in [0, 0.05) is 27.2 Å². The first-order valence-electron chi connectivity index (χ1n) is 7.44. The lowest BCUT2D eigenvalue weighted by atomic mass is 9.90. The standard InChI is InChI=1S/C16H28N2OS/c1-7-17(5)12-13(15(20)14(12)19)18(6)11-9-8-10-16(2,3)4/h7-11H2,1-6H3.